The van der Waals surface area contributed by atoms with Gasteiger partial charge in [0.15, 0.2) is 0 Å². The lowest BCUT2D eigenvalue weighted by Crippen LogP contribution is -2.36. The Morgan fingerprint density at radius 2 is 2.15 bits per heavy atom. The van der Waals surface area contributed by atoms with Crippen LogP contribution in [0.25, 0.3) is 0 Å². The van der Waals surface area contributed by atoms with Crippen LogP contribution in [0, 0.1) is 0 Å². The molecule has 2 aromatic rings. The van der Waals surface area contributed by atoms with Crippen molar-refractivity contribution in [2.75, 3.05) is 39.1 Å². The summed E-state index contributed by atoms with van der Waals surface area (Å²) in [6.45, 7) is 1.87. The molecule has 1 amide bonds. The van der Waals surface area contributed by atoms with Crippen LogP contribution in [0.4, 0.5) is 5.95 Å². The van der Waals surface area contributed by atoms with E-state index < -0.39 is 0 Å². The monoisotopic (exact) mass is 378 g/mol. The third kappa shape index (κ3) is 4.08. The van der Waals surface area contributed by atoms with Crippen LogP contribution in [-0.2, 0) is 6.54 Å². The second kappa shape index (κ2) is 7.51. The van der Waals surface area contributed by atoms with Crippen LogP contribution in [0.1, 0.15) is 22.6 Å². The molecule has 0 bridgehead atoms. The molecule has 1 atom stereocenters. The summed E-state index contributed by atoms with van der Waals surface area (Å²) in [5.41, 5.74) is 1.05. The van der Waals surface area contributed by atoms with Gasteiger partial charge in [-0.2, -0.15) is 0 Å². The minimum atomic E-state index is -0.168. The number of amides is 1. The predicted octanol–water partition coefficient (Wildman–Crippen LogP) is 1.16. The molecule has 9 heteroatoms. The average Bonchev–Trinajstić information content (AvgIpc) is 3.22. The largest absolute Gasteiger partial charge is 0.356 e. The van der Waals surface area contributed by atoms with Gasteiger partial charge in [0.25, 0.3) is 11.5 Å². The lowest BCUT2D eigenvalue weighted by molar-refractivity contribution is 0.0774. The Balaban J connectivity index is 1.64. The number of aromatic amines is 2. The van der Waals surface area contributed by atoms with Gasteiger partial charge in [0, 0.05) is 52.0 Å². The van der Waals surface area contributed by atoms with Crippen molar-refractivity contribution in [1.82, 2.24) is 24.8 Å². The quantitative estimate of drug-likeness (QED) is 0.815. The molecule has 140 valence electrons. The third-order valence-electron chi connectivity index (χ3n) is 4.57. The van der Waals surface area contributed by atoms with Crippen LogP contribution in [0.5, 0.6) is 0 Å². The topological polar surface area (TPSA) is 88.3 Å². The van der Waals surface area contributed by atoms with Gasteiger partial charge in [-0.1, -0.05) is 11.6 Å². The van der Waals surface area contributed by atoms with Gasteiger partial charge in [0.1, 0.15) is 5.69 Å². The van der Waals surface area contributed by atoms with E-state index in [-0.39, 0.29) is 17.5 Å². The number of carbonyl (C=O) groups is 1. The van der Waals surface area contributed by atoms with E-state index in [0.717, 1.165) is 6.42 Å². The van der Waals surface area contributed by atoms with Gasteiger partial charge < -0.3 is 14.8 Å². The summed E-state index contributed by atoms with van der Waals surface area (Å²) in [6, 6.07) is 3.37. The van der Waals surface area contributed by atoms with E-state index >= 15 is 0 Å². The summed E-state index contributed by atoms with van der Waals surface area (Å²) in [7, 11) is 5.65. The Bertz CT molecular complexity index is 846. The molecule has 0 saturated carbocycles. The number of halogens is 1. The molecule has 8 nitrogen and oxygen atoms in total. The highest BCUT2D eigenvalue weighted by Crippen LogP contribution is 2.19. The van der Waals surface area contributed by atoms with Crippen molar-refractivity contribution >= 4 is 23.5 Å². The van der Waals surface area contributed by atoms with Crippen LogP contribution in [0.2, 0.25) is 5.02 Å². The smallest absolute Gasteiger partial charge is 0.270 e. The predicted molar refractivity (Wildman–Crippen MR) is 101 cm³/mol. The molecule has 1 aliphatic heterocycles. The van der Waals surface area contributed by atoms with Crippen LogP contribution in [-0.4, -0.2) is 70.9 Å². The lowest BCUT2D eigenvalue weighted by Gasteiger charge is -2.24. The van der Waals surface area contributed by atoms with Crippen LogP contribution in [0.3, 0.4) is 0 Å². The molecule has 0 unspecified atom stereocenters. The number of hydrogen-bond donors (Lipinski definition) is 2. The highest BCUT2D eigenvalue weighted by molar-refractivity contribution is 6.30. The number of hydrogen-bond acceptors (Lipinski definition) is 5. The van der Waals surface area contributed by atoms with Crippen molar-refractivity contribution in [3.63, 3.8) is 0 Å². The van der Waals surface area contributed by atoms with Gasteiger partial charge in [-0.3, -0.25) is 19.5 Å². The standard InChI is InChI=1S/C17H23ClN6O2/c1-22(2)17-20-12(7-15(25)21-17)9-23(3)13-4-5-24(10-13)16(26)14-6-11(18)8-19-14/h6-8,13,19H,4-5,9-10H2,1-3H3,(H,20,21,25)/t13-/m1/s1. The van der Waals surface area contributed by atoms with Gasteiger partial charge in [-0.15, -0.1) is 0 Å². The first-order chi connectivity index (χ1) is 12.3. The third-order valence-corrected chi connectivity index (χ3v) is 4.79. The molecule has 1 fully saturated rings. The van der Waals surface area contributed by atoms with E-state index in [4.69, 9.17) is 11.6 Å². The second-order valence-corrected chi connectivity index (χ2v) is 7.23. The summed E-state index contributed by atoms with van der Waals surface area (Å²) in [5, 5.41) is 0.526. The Morgan fingerprint density at radius 3 is 2.81 bits per heavy atom. The minimum absolute atomic E-state index is 0.0445. The van der Waals surface area contributed by atoms with Gasteiger partial charge in [-0.25, -0.2) is 4.98 Å². The summed E-state index contributed by atoms with van der Waals surface area (Å²) in [5.74, 6) is 0.490. The maximum Gasteiger partial charge on any atom is 0.270 e. The summed E-state index contributed by atoms with van der Waals surface area (Å²) in [4.78, 5) is 40.1. The fourth-order valence-corrected chi connectivity index (χ4v) is 3.28. The minimum Gasteiger partial charge on any atom is -0.356 e. The SMILES string of the molecule is CN(C)c1nc(CN(C)[C@@H]2CCN(C(=O)c3cc(Cl)c[nH]3)C2)cc(=O)[nH]1. The lowest BCUT2D eigenvalue weighted by atomic mass is 10.2. The van der Waals surface area contributed by atoms with Crippen molar-refractivity contribution in [3.8, 4) is 0 Å². The fourth-order valence-electron chi connectivity index (χ4n) is 3.12. The van der Waals surface area contributed by atoms with E-state index in [1.807, 2.05) is 26.0 Å². The molecule has 3 heterocycles. The van der Waals surface area contributed by atoms with Crippen molar-refractivity contribution in [2.45, 2.75) is 19.0 Å². The second-order valence-electron chi connectivity index (χ2n) is 6.80. The molecular formula is C17H23ClN6O2. The van der Waals surface area contributed by atoms with Gasteiger partial charge >= 0.3 is 0 Å². The molecule has 3 rings (SSSR count). The van der Waals surface area contributed by atoms with Crippen molar-refractivity contribution in [2.24, 2.45) is 0 Å². The van der Waals surface area contributed by atoms with Crippen LogP contribution < -0.4 is 10.5 Å². The first kappa shape index (κ1) is 18.5. The van der Waals surface area contributed by atoms with Gasteiger partial charge in [-0.05, 0) is 19.5 Å². The van der Waals surface area contributed by atoms with E-state index in [0.29, 0.717) is 42.0 Å². The molecule has 0 radical (unpaired) electrons. The van der Waals surface area contributed by atoms with Crippen molar-refractivity contribution in [1.29, 1.82) is 0 Å². The number of rotatable bonds is 5. The Kier molecular flexibility index (Phi) is 5.33. The Morgan fingerprint density at radius 1 is 1.38 bits per heavy atom. The number of nitrogens with one attached hydrogen (secondary N) is 2. The van der Waals surface area contributed by atoms with Gasteiger partial charge in [0.05, 0.1) is 10.7 Å². The Hall–Kier alpha value is -2.32. The number of nitrogens with zero attached hydrogens (tertiary/aromatic N) is 4. The molecule has 1 aliphatic rings. The van der Waals surface area contributed by atoms with Crippen molar-refractivity contribution in [3.05, 3.63) is 45.1 Å². The highest BCUT2D eigenvalue weighted by Gasteiger charge is 2.30. The summed E-state index contributed by atoms with van der Waals surface area (Å²) < 4.78 is 0. The molecule has 26 heavy (non-hydrogen) atoms. The number of likely N-dealkylation sites (tertiary alicyclic amines) is 1. The maximum atomic E-state index is 12.5. The number of anilines is 1. The first-order valence-electron chi connectivity index (χ1n) is 8.44. The molecule has 2 aromatic heterocycles. The highest BCUT2D eigenvalue weighted by atomic mass is 35.5. The number of H-pyrrole nitrogens is 2. The van der Waals surface area contributed by atoms with E-state index in [9.17, 15) is 9.59 Å². The summed E-state index contributed by atoms with van der Waals surface area (Å²) in [6.07, 6.45) is 2.48. The normalized spacial score (nSPS) is 17.1. The molecule has 0 aromatic carbocycles. The van der Waals surface area contributed by atoms with E-state index in [2.05, 4.69) is 19.9 Å². The molecule has 0 spiro atoms. The maximum absolute atomic E-state index is 12.5. The average molecular weight is 379 g/mol. The molecule has 2 N–H and O–H groups in total. The zero-order valence-electron chi connectivity index (χ0n) is 15.1. The Labute approximate surface area is 156 Å². The number of aromatic nitrogens is 3. The fraction of sp³-hybridized carbons (Fsp3) is 0.471. The molecule has 0 aliphatic carbocycles. The van der Waals surface area contributed by atoms with E-state index in [1.165, 1.54) is 6.07 Å². The molecule has 1 saturated heterocycles. The number of likely N-dealkylation sites (N-methyl/N-ethyl adjacent to an activating group) is 1. The summed E-state index contributed by atoms with van der Waals surface area (Å²) >= 11 is 5.88. The zero-order chi connectivity index (χ0) is 18.8. The van der Waals surface area contributed by atoms with Gasteiger partial charge in [0.2, 0.25) is 5.95 Å². The van der Waals surface area contributed by atoms with E-state index in [1.54, 1.807) is 17.2 Å². The molecular weight excluding hydrogens is 356 g/mol. The van der Waals surface area contributed by atoms with Crippen LogP contribution in [0.15, 0.2) is 23.1 Å². The van der Waals surface area contributed by atoms with Crippen molar-refractivity contribution < 1.29 is 4.79 Å². The first-order valence-corrected chi connectivity index (χ1v) is 8.82. The number of carbonyl (C=O) groups excluding carboxylic acids is 1. The van der Waals surface area contributed by atoms with Crippen LogP contribution >= 0.6 is 11.6 Å². The zero-order valence-corrected chi connectivity index (χ0v) is 15.9.